The Hall–Kier alpha value is -0.720. The molecule has 1 aromatic rings. The van der Waals surface area contributed by atoms with E-state index in [9.17, 15) is 4.79 Å². The van der Waals surface area contributed by atoms with E-state index in [1.165, 1.54) is 0 Å². The van der Waals surface area contributed by atoms with Crippen LogP contribution in [0.1, 0.15) is 17.8 Å². The van der Waals surface area contributed by atoms with Gasteiger partial charge in [-0.25, -0.2) is 0 Å². The number of methoxy groups -OCH3 is 1. The van der Waals surface area contributed by atoms with Gasteiger partial charge in [-0.05, 0) is 22.9 Å². The third kappa shape index (κ3) is 4.51. The third-order valence-electron chi connectivity index (χ3n) is 2.58. The summed E-state index contributed by atoms with van der Waals surface area (Å²) >= 11 is 3.45. The van der Waals surface area contributed by atoms with Crippen molar-refractivity contribution < 1.29 is 14.3 Å². The largest absolute Gasteiger partial charge is 0.382 e. The lowest BCUT2D eigenvalue weighted by Crippen LogP contribution is -2.12. The summed E-state index contributed by atoms with van der Waals surface area (Å²) in [6.07, 6.45) is 0.798. The first-order chi connectivity index (χ1) is 8.56. The minimum Gasteiger partial charge on any atom is -0.382 e. The molecule has 0 radical (unpaired) electrons. The molecule has 0 aromatic carbocycles. The van der Waals surface area contributed by atoms with Gasteiger partial charge in [0.25, 0.3) is 0 Å². The summed E-state index contributed by atoms with van der Waals surface area (Å²) in [5.74, 6) is 0.149. The Morgan fingerprint density at radius 3 is 2.67 bits per heavy atom. The Morgan fingerprint density at radius 1 is 1.39 bits per heavy atom. The van der Waals surface area contributed by atoms with E-state index in [2.05, 4.69) is 21.0 Å². The van der Waals surface area contributed by atoms with Gasteiger partial charge < -0.3 is 9.47 Å². The normalized spacial score (nSPS) is 10.9. The number of nitrogens with zero attached hydrogens (tertiary/aromatic N) is 2. The zero-order valence-corrected chi connectivity index (χ0v) is 12.6. The Kier molecular flexibility index (Phi) is 6.52. The van der Waals surface area contributed by atoms with Gasteiger partial charge in [-0.2, -0.15) is 5.10 Å². The molecule has 1 aromatic heterocycles. The highest BCUT2D eigenvalue weighted by molar-refractivity contribution is 9.10. The maximum atomic E-state index is 11.8. The molecule has 0 bridgehead atoms. The second kappa shape index (κ2) is 7.66. The van der Waals surface area contributed by atoms with Gasteiger partial charge in [-0.15, -0.1) is 0 Å². The van der Waals surface area contributed by atoms with Gasteiger partial charge in [0.1, 0.15) is 5.78 Å². The molecule has 0 saturated heterocycles. The van der Waals surface area contributed by atoms with Crippen LogP contribution in [0.2, 0.25) is 0 Å². The second-order valence-electron chi connectivity index (χ2n) is 4.04. The molecule has 0 saturated carbocycles. The average Bonchev–Trinajstić information content (AvgIpc) is 2.56. The van der Waals surface area contributed by atoms with Crippen molar-refractivity contribution in [3.63, 3.8) is 0 Å². The number of halogens is 1. The number of ether oxygens (including phenoxy) is 2. The van der Waals surface area contributed by atoms with E-state index in [-0.39, 0.29) is 5.78 Å². The van der Waals surface area contributed by atoms with Crippen molar-refractivity contribution in [2.75, 3.05) is 26.9 Å². The number of rotatable bonds is 8. The van der Waals surface area contributed by atoms with Gasteiger partial charge in [0, 0.05) is 27.0 Å². The Bertz CT molecular complexity index is 404. The first kappa shape index (κ1) is 15.3. The topological polar surface area (TPSA) is 53.4 Å². The van der Waals surface area contributed by atoms with Gasteiger partial charge in [0.05, 0.1) is 35.7 Å². The molecule has 0 N–H and O–H groups in total. The minimum atomic E-state index is 0.149. The van der Waals surface area contributed by atoms with Gasteiger partial charge in [0.15, 0.2) is 0 Å². The number of hydrogen-bond donors (Lipinski definition) is 0. The van der Waals surface area contributed by atoms with Gasteiger partial charge in [0.2, 0.25) is 0 Å². The molecule has 5 nitrogen and oxygen atoms in total. The fourth-order valence-corrected chi connectivity index (χ4v) is 2.05. The van der Waals surface area contributed by atoms with Crippen molar-refractivity contribution in [3.05, 3.63) is 15.9 Å². The fourth-order valence-electron chi connectivity index (χ4n) is 1.58. The van der Waals surface area contributed by atoms with Gasteiger partial charge >= 0.3 is 0 Å². The number of carbonyl (C=O) groups is 1. The zero-order chi connectivity index (χ0) is 13.5. The lowest BCUT2D eigenvalue weighted by atomic mass is 10.1. The molecule has 0 aliphatic rings. The van der Waals surface area contributed by atoms with E-state index in [0.717, 1.165) is 15.9 Å². The molecule has 6 heteroatoms. The average molecular weight is 319 g/mol. The molecule has 0 atom stereocenters. The Balaban J connectivity index is 2.36. The van der Waals surface area contributed by atoms with Crippen LogP contribution in [-0.2, 0) is 27.7 Å². The maximum Gasteiger partial charge on any atom is 0.141 e. The van der Waals surface area contributed by atoms with E-state index in [4.69, 9.17) is 9.47 Å². The molecule has 0 unspecified atom stereocenters. The quantitative estimate of drug-likeness (QED) is 0.684. The van der Waals surface area contributed by atoms with Crippen molar-refractivity contribution in [3.8, 4) is 0 Å². The lowest BCUT2D eigenvalue weighted by molar-refractivity contribution is -0.119. The smallest absolute Gasteiger partial charge is 0.141 e. The molecular weight excluding hydrogens is 300 g/mol. The third-order valence-corrected chi connectivity index (χ3v) is 3.61. The van der Waals surface area contributed by atoms with Crippen molar-refractivity contribution in [1.29, 1.82) is 0 Å². The predicted molar refractivity (Wildman–Crippen MR) is 71.7 cm³/mol. The summed E-state index contributed by atoms with van der Waals surface area (Å²) < 4.78 is 12.8. The molecule has 18 heavy (non-hydrogen) atoms. The van der Waals surface area contributed by atoms with E-state index in [1.807, 2.05) is 14.0 Å². The van der Waals surface area contributed by atoms with Crippen LogP contribution in [0.25, 0.3) is 0 Å². The van der Waals surface area contributed by atoms with E-state index >= 15 is 0 Å². The minimum absolute atomic E-state index is 0.149. The van der Waals surface area contributed by atoms with Crippen LogP contribution in [0.4, 0.5) is 0 Å². The summed E-state index contributed by atoms with van der Waals surface area (Å²) in [5.41, 5.74) is 1.81. The molecule has 0 aliphatic carbocycles. The summed E-state index contributed by atoms with van der Waals surface area (Å²) in [7, 11) is 3.46. The predicted octanol–water partition coefficient (Wildman–Crippen LogP) is 1.66. The van der Waals surface area contributed by atoms with Crippen LogP contribution in [-0.4, -0.2) is 42.5 Å². The summed E-state index contributed by atoms with van der Waals surface area (Å²) in [6, 6.07) is 0. The van der Waals surface area contributed by atoms with Crippen molar-refractivity contribution in [2.45, 2.75) is 19.8 Å². The van der Waals surface area contributed by atoms with Gasteiger partial charge in [-0.3, -0.25) is 9.48 Å². The molecule has 0 aliphatic heterocycles. The van der Waals surface area contributed by atoms with Crippen LogP contribution in [0.3, 0.4) is 0 Å². The van der Waals surface area contributed by atoms with Gasteiger partial charge in [-0.1, -0.05) is 0 Å². The summed E-state index contributed by atoms with van der Waals surface area (Å²) in [5, 5.41) is 4.25. The van der Waals surface area contributed by atoms with Crippen molar-refractivity contribution in [2.24, 2.45) is 7.05 Å². The Morgan fingerprint density at radius 2 is 2.11 bits per heavy atom. The highest BCUT2D eigenvalue weighted by Gasteiger charge is 2.14. The first-order valence-electron chi connectivity index (χ1n) is 5.82. The van der Waals surface area contributed by atoms with Crippen LogP contribution in [0.15, 0.2) is 4.47 Å². The lowest BCUT2D eigenvalue weighted by Gasteiger charge is -2.04. The van der Waals surface area contributed by atoms with Crippen molar-refractivity contribution >= 4 is 21.7 Å². The molecule has 0 spiro atoms. The molecule has 0 amide bonds. The zero-order valence-electron chi connectivity index (χ0n) is 11.0. The fraction of sp³-hybridized carbons (Fsp3) is 0.667. The molecule has 1 heterocycles. The summed E-state index contributed by atoms with van der Waals surface area (Å²) in [4.78, 5) is 11.8. The van der Waals surface area contributed by atoms with E-state index < -0.39 is 0 Å². The highest BCUT2D eigenvalue weighted by atomic mass is 79.9. The standard InChI is InChI=1S/C12H19BrN2O3/c1-9-12(13)11(15(2)14-9)8-10(16)4-5-18-7-6-17-3/h4-8H2,1-3H3. The second-order valence-corrected chi connectivity index (χ2v) is 4.83. The number of ketones is 1. The van der Waals surface area contributed by atoms with E-state index in [1.54, 1.807) is 11.8 Å². The SMILES string of the molecule is COCCOCCC(=O)Cc1c(Br)c(C)nn1C. The maximum absolute atomic E-state index is 11.8. The summed E-state index contributed by atoms with van der Waals surface area (Å²) in [6.45, 7) is 3.43. The molecule has 1 rings (SSSR count). The number of aryl methyl sites for hydroxylation is 2. The van der Waals surface area contributed by atoms with Crippen LogP contribution in [0.5, 0.6) is 0 Å². The van der Waals surface area contributed by atoms with Crippen LogP contribution >= 0.6 is 15.9 Å². The van der Waals surface area contributed by atoms with Crippen LogP contribution in [0, 0.1) is 6.92 Å². The highest BCUT2D eigenvalue weighted by Crippen LogP contribution is 2.20. The first-order valence-corrected chi connectivity index (χ1v) is 6.62. The molecule has 102 valence electrons. The number of hydrogen-bond acceptors (Lipinski definition) is 4. The number of aromatic nitrogens is 2. The van der Waals surface area contributed by atoms with E-state index in [0.29, 0.717) is 32.7 Å². The monoisotopic (exact) mass is 318 g/mol. The Labute approximate surface area is 116 Å². The van der Waals surface area contributed by atoms with Crippen LogP contribution < -0.4 is 0 Å². The number of carbonyl (C=O) groups excluding carboxylic acids is 1. The van der Waals surface area contributed by atoms with Crippen molar-refractivity contribution in [1.82, 2.24) is 9.78 Å². The molecule has 0 fully saturated rings. The number of Topliss-reactive ketones (excluding diaryl/α,β-unsaturated/α-hetero) is 1. The molecular formula is C12H19BrN2O3.